The van der Waals surface area contributed by atoms with Gasteiger partial charge in [-0.1, -0.05) is 70.2 Å². The number of carbonyl (C=O) groups excluding carboxylic acids is 1. The lowest BCUT2D eigenvalue weighted by atomic mass is 10.1. The minimum atomic E-state index is -0.220. The van der Waals surface area contributed by atoms with Gasteiger partial charge in [0.1, 0.15) is 4.32 Å². The molecule has 0 unspecified atom stereocenters. The first-order valence-corrected chi connectivity index (χ1v) is 11.2. The van der Waals surface area contributed by atoms with Gasteiger partial charge in [0, 0.05) is 11.0 Å². The molecule has 0 spiro atoms. The lowest BCUT2D eigenvalue weighted by molar-refractivity contribution is -0.126. The molecule has 1 saturated heterocycles. The summed E-state index contributed by atoms with van der Waals surface area (Å²) in [5.74, 6) is 1.43. The van der Waals surface area contributed by atoms with E-state index in [0.717, 1.165) is 16.5 Å². The zero-order valence-corrected chi connectivity index (χ0v) is 19.0. The van der Waals surface area contributed by atoms with E-state index in [9.17, 15) is 4.79 Å². The molecule has 1 fully saturated rings. The van der Waals surface area contributed by atoms with E-state index in [1.165, 1.54) is 17.3 Å². The zero-order chi connectivity index (χ0) is 20.1. The first-order valence-electron chi connectivity index (χ1n) is 9.08. The summed E-state index contributed by atoms with van der Waals surface area (Å²) >= 11 is 10.5. The van der Waals surface area contributed by atoms with Crippen molar-refractivity contribution >= 4 is 50.1 Å². The molecule has 148 valence electrons. The molecule has 1 amide bonds. The van der Waals surface area contributed by atoms with Gasteiger partial charge in [-0.25, -0.2) is 0 Å². The van der Waals surface area contributed by atoms with Crippen LogP contribution in [0.25, 0.3) is 0 Å². The third-order valence-corrected chi connectivity index (χ3v) is 6.83. The van der Waals surface area contributed by atoms with Gasteiger partial charge in [-0.15, -0.1) is 0 Å². The molecular weight excluding hydrogens is 458 g/mol. The van der Waals surface area contributed by atoms with Crippen LogP contribution in [0.3, 0.4) is 0 Å². The third kappa shape index (κ3) is 4.88. The Kier molecular flexibility index (Phi) is 7.37. The quantitative estimate of drug-likeness (QED) is 0.504. The summed E-state index contributed by atoms with van der Waals surface area (Å²) in [6.45, 7) is 3.09. The first kappa shape index (κ1) is 21.1. The predicted molar refractivity (Wildman–Crippen MR) is 121 cm³/mol. The van der Waals surface area contributed by atoms with Crippen LogP contribution in [0.5, 0.6) is 11.5 Å². The average Bonchev–Trinajstić information content (AvgIpc) is 2.96. The van der Waals surface area contributed by atoms with Crippen LogP contribution in [0.4, 0.5) is 0 Å². The number of carbonyl (C=O) groups is 1. The van der Waals surface area contributed by atoms with Crippen LogP contribution in [-0.4, -0.2) is 40.6 Å². The molecule has 1 aliphatic rings. The first-order chi connectivity index (χ1) is 13.5. The predicted octanol–water partition coefficient (Wildman–Crippen LogP) is 4.87. The second-order valence-electron chi connectivity index (χ2n) is 6.33. The molecule has 2 aromatic rings. The van der Waals surface area contributed by atoms with E-state index in [0.29, 0.717) is 35.4 Å². The molecule has 0 saturated carbocycles. The topological polar surface area (TPSA) is 38.8 Å². The number of thiocarbonyl (C=S) groups is 1. The number of thioether (sulfide) groups is 1. The highest BCUT2D eigenvalue weighted by Crippen LogP contribution is 2.37. The molecule has 0 aliphatic carbocycles. The van der Waals surface area contributed by atoms with Crippen LogP contribution in [-0.2, 0) is 17.6 Å². The molecule has 7 heteroatoms. The monoisotopic (exact) mass is 479 g/mol. The SMILES string of the molecule is CCOc1cc(C[C@@H]2SC(=S)N(CCc3ccccc3)C2=O)c(Br)cc1OC. The van der Waals surface area contributed by atoms with Gasteiger partial charge in [-0.05, 0) is 43.0 Å². The molecule has 1 heterocycles. The summed E-state index contributed by atoms with van der Waals surface area (Å²) in [6, 6.07) is 14.0. The Hall–Kier alpha value is -1.57. The standard InChI is InChI=1S/C21H22BrNO3S2/c1-3-26-18-11-15(16(22)13-17(18)25-2)12-19-20(24)23(21(27)28-19)10-9-14-7-5-4-6-8-14/h4-8,11,13,19H,3,9-10,12H2,1-2H3/t19-/m0/s1. The van der Waals surface area contributed by atoms with E-state index in [1.807, 2.05) is 37.3 Å². The van der Waals surface area contributed by atoms with E-state index in [4.69, 9.17) is 21.7 Å². The highest BCUT2D eigenvalue weighted by atomic mass is 79.9. The Morgan fingerprint density at radius 1 is 1.21 bits per heavy atom. The number of hydrogen-bond donors (Lipinski definition) is 0. The molecule has 1 atom stereocenters. The summed E-state index contributed by atoms with van der Waals surface area (Å²) in [4.78, 5) is 14.7. The highest BCUT2D eigenvalue weighted by Gasteiger charge is 2.37. The summed E-state index contributed by atoms with van der Waals surface area (Å²) in [7, 11) is 1.61. The number of ether oxygens (including phenoxy) is 2. The normalized spacial score (nSPS) is 16.5. The van der Waals surface area contributed by atoms with Gasteiger partial charge in [0.2, 0.25) is 5.91 Å². The van der Waals surface area contributed by atoms with E-state index < -0.39 is 0 Å². The second kappa shape index (κ2) is 9.76. The lowest BCUT2D eigenvalue weighted by Crippen LogP contribution is -2.33. The van der Waals surface area contributed by atoms with E-state index in [2.05, 4.69) is 28.1 Å². The smallest absolute Gasteiger partial charge is 0.241 e. The Labute approximate surface area is 183 Å². The number of rotatable bonds is 8. The van der Waals surface area contributed by atoms with Crippen molar-refractivity contribution in [3.63, 3.8) is 0 Å². The molecule has 28 heavy (non-hydrogen) atoms. The molecule has 4 nitrogen and oxygen atoms in total. The average molecular weight is 480 g/mol. The third-order valence-electron chi connectivity index (χ3n) is 4.51. The number of methoxy groups -OCH3 is 1. The fourth-order valence-electron chi connectivity index (χ4n) is 3.08. The second-order valence-corrected chi connectivity index (χ2v) is 9.02. The molecule has 0 bridgehead atoms. The van der Waals surface area contributed by atoms with E-state index in [-0.39, 0.29) is 11.2 Å². The van der Waals surface area contributed by atoms with Gasteiger partial charge in [0.25, 0.3) is 0 Å². The summed E-state index contributed by atoms with van der Waals surface area (Å²) in [5, 5.41) is -0.220. The lowest BCUT2D eigenvalue weighted by Gasteiger charge is -2.16. The summed E-state index contributed by atoms with van der Waals surface area (Å²) < 4.78 is 12.6. The maximum absolute atomic E-state index is 12.9. The van der Waals surface area contributed by atoms with Crippen LogP contribution in [0.2, 0.25) is 0 Å². The van der Waals surface area contributed by atoms with Gasteiger partial charge < -0.3 is 9.47 Å². The van der Waals surface area contributed by atoms with Crippen molar-refractivity contribution in [3.8, 4) is 11.5 Å². The minimum Gasteiger partial charge on any atom is -0.493 e. The Balaban J connectivity index is 1.70. The van der Waals surface area contributed by atoms with Crippen LogP contribution in [0.15, 0.2) is 46.9 Å². The van der Waals surface area contributed by atoms with Gasteiger partial charge in [0.05, 0.1) is 19.0 Å². The molecule has 3 rings (SSSR count). The van der Waals surface area contributed by atoms with Crippen molar-refractivity contribution < 1.29 is 14.3 Å². The van der Waals surface area contributed by atoms with E-state index in [1.54, 1.807) is 12.0 Å². The number of nitrogens with zero attached hydrogens (tertiary/aromatic N) is 1. The van der Waals surface area contributed by atoms with Gasteiger partial charge in [0.15, 0.2) is 11.5 Å². The Morgan fingerprint density at radius 3 is 2.64 bits per heavy atom. The fourth-order valence-corrected chi connectivity index (χ4v) is 5.13. The largest absolute Gasteiger partial charge is 0.493 e. The Morgan fingerprint density at radius 2 is 1.96 bits per heavy atom. The molecule has 2 aromatic carbocycles. The van der Waals surface area contributed by atoms with Crippen molar-refractivity contribution in [1.29, 1.82) is 0 Å². The van der Waals surface area contributed by atoms with Crippen molar-refractivity contribution in [2.75, 3.05) is 20.3 Å². The molecule has 1 aliphatic heterocycles. The fraction of sp³-hybridized carbons (Fsp3) is 0.333. The van der Waals surface area contributed by atoms with Crippen LogP contribution >= 0.6 is 39.9 Å². The van der Waals surface area contributed by atoms with Gasteiger partial charge >= 0.3 is 0 Å². The van der Waals surface area contributed by atoms with Crippen molar-refractivity contribution in [2.24, 2.45) is 0 Å². The molecular formula is C21H22BrNO3S2. The number of amides is 1. The molecule has 0 radical (unpaired) electrons. The number of hydrogen-bond acceptors (Lipinski definition) is 5. The Bertz CT molecular complexity index is 860. The highest BCUT2D eigenvalue weighted by molar-refractivity contribution is 9.10. The summed E-state index contributed by atoms with van der Waals surface area (Å²) in [5.41, 5.74) is 2.20. The van der Waals surface area contributed by atoms with Crippen molar-refractivity contribution in [3.05, 3.63) is 58.1 Å². The van der Waals surface area contributed by atoms with Crippen LogP contribution in [0.1, 0.15) is 18.1 Å². The summed E-state index contributed by atoms with van der Waals surface area (Å²) in [6.07, 6.45) is 1.37. The number of halogens is 1. The molecule has 0 N–H and O–H groups in total. The zero-order valence-electron chi connectivity index (χ0n) is 15.8. The maximum atomic E-state index is 12.9. The minimum absolute atomic E-state index is 0.0756. The van der Waals surface area contributed by atoms with Gasteiger partial charge in [-0.3, -0.25) is 9.69 Å². The van der Waals surface area contributed by atoms with E-state index >= 15 is 0 Å². The van der Waals surface area contributed by atoms with Crippen molar-refractivity contribution in [1.82, 2.24) is 4.90 Å². The molecule has 0 aromatic heterocycles. The number of benzene rings is 2. The van der Waals surface area contributed by atoms with Gasteiger partial charge in [-0.2, -0.15) is 0 Å². The van der Waals surface area contributed by atoms with Crippen molar-refractivity contribution in [2.45, 2.75) is 25.0 Å². The van der Waals surface area contributed by atoms with Crippen LogP contribution < -0.4 is 9.47 Å². The van der Waals surface area contributed by atoms with Crippen LogP contribution in [0, 0.1) is 0 Å². The maximum Gasteiger partial charge on any atom is 0.241 e.